The lowest BCUT2D eigenvalue weighted by atomic mass is 10.2. The molecule has 1 fully saturated rings. The average Bonchev–Trinajstić information content (AvgIpc) is 2.46. The molecule has 1 aromatic carbocycles. The lowest BCUT2D eigenvalue weighted by molar-refractivity contribution is -0.146. The van der Waals surface area contributed by atoms with Crippen molar-refractivity contribution in [1.29, 1.82) is 0 Å². The fourth-order valence-electron chi connectivity index (χ4n) is 2.35. The van der Waals surface area contributed by atoms with Crippen LogP contribution in [0.5, 0.6) is 0 Å². The summed E-state index contributed by atoms with van der Waals surface area (Å²) in [5.41, 5.74) is 6.19. The monoisotopic (exact) mass is 326 g/mol. The maximum absolute atomic E-state index is 12.1. The summed E-state index contributed by atoms with van der Waals surface area (Å²) in [4.78, 5) is 25.6. The van der Waals surface area contributed by atoms with E-state index < -0.39 is 5.97 Å². The predicted octanol–water partition coefficient (Wildman–Crippen LogP) is 1.71. The Balaban J connectivity index is 1.90. The van der Waals surface area contributed by atoms with Gasteiger partial charge in [0.25, 0.3) is 5.91 Å². The number of benzene rings is 1. The standard InChI is InChI=1S/C15H19ClN2O4/c1-9-6-18(7-10(2)22-9)14(19)8-21-15(20)11-3-4-12(16)13(17)5-11/h3-5,9-10H,6-8,17H2,1-2H3/t9-,10+. The minimum Gasteiger partial charge on any atom is -0.452 e. The molecule has 0 aliphatic carbocycles. The second kappa shape index (κ2) is 6.98. The number of carbonyl (C=O) groups is 2. The fourth-order valence-corrected chi connectivity index (χ4v) is 2.47. The molecule has 6 nitrogen and oxygen atoms in total. The van der Waals surface area contributed by atoms with Crippen LogP contribution in [0.15, 0.2) is 18.2 Å². The first kappa shape index (κ1) is 16.6. The lowest BCUT2D eigenvalue weighted by Crippen LogP contribution is -2.49. The van der Waals surface area contributed by atoms with Crippen LogP contribution in [-0.2, 0) is 14.3 Å². The molecule has 7 heteroatoms. The van der Waals surface area contributed by atoms with Gasteiger partial charge in [-0.3, -0.25) is 4.79 Å². The van der Waals surface area contributed by atoms with Crippen LogP contribution < -0.4 is 5.73 Å². The molecule has 2 rings (SSSR count). The van der Waals surface area contributed by atoms with E-state index in [0.29, 0.717) is 23.8 Å². The number of rotatable bonds is 3. The highest BCUT2D eigenvalue weighted by atomic mass is 35.5. The Bertz CT molecular complexity index is 569. The smallest absolute Gasteiger partial charge is 0.338 e. The summed E-state index contributed by atoms with van der Waals surface area (Å²) in [5, 5.41) is 0.365. The van der Waals surface area contributed by atoms with E-state index >= 15 is 0 Å². The Morgan fingerprint density at radius 3 is 2.59 bits per heavy atom. The van der Waals surface area contributed by atoms with Crippen LogP contribution in [0.1, 0.15) is 24.2 Å². The van der Waals surface area contributed by atoms with Gasteiger partial charge in [-0.05, 0) is 32.0 Å². The number of anilines is 1. The summed E-state index contributed by atoms with van der Waals surface area (Å²) in [7, 11) is 0. The molecular weight excluding hydrogens is 308 g/mol. The Morgan fingerprint density at radius 1 is 1.36 bits per heavy atom. The molecule has 1 aliphatic rings. The molecule has 120 valence electrons. The second-order valence-corrected chi connectivity index (χ2v) is 5.78. The average molecular weight is 327 g/mol. The molecule has 1 aromatic rings. The largest absolute Gasteiger partial charge is 0.452 e. The van der Waals surface area contributed by atoms with Crippen LogP contribution in [0.25, 0.3) is 0 Å². The maximum atomic E-state index is 12.1. The van der Waals surface area contributed by atoms with E-state index in [4.69, 9.17) is 26.8 Å². The zero-order valence-electron chi connectivity index (χ0n) is 12.5. The van der Waals surface area contributed by atoms with E-state index in [1.165, 1.54) is 18.2 Å². The van der Waals surface area contributed by atoms with Crippen LogP contribution in [-0.4, -0.2) is 48.7 Å². The first-order valence-corrected chi connectivity index (χ1v) is 7.40. The molecule has 0 saturated carbocycles. The van der Waals surface area contributed by atoms with Gasteiger partial charge in [-0.2, -0.15) is 0 Å². The summed E-state index contributed by atoms with van der Waals surface area (Å²) in [5.74, 6) is -0.844. The number of hydrogen-bond acceptors (Lipinski definition) is 5. The van der Waals surface area contributed by atoms with Gasteiger partial charge in [0.05, 0.1) is 28.5 Å². The number of amides is 1. The number of nitrogens with zero attached hydrogens (tertiary/aromatic N) is 1. The quantitative estimate of drug-likeness (QED) is 0.675. The third-order valence-corrected chi connectivity index (χ3v) is 3.67. The third kappa shape index (κ3) is 4.11. The van der Waals surface area contributed by atoms with Crippen molar-refractivity contribution < 1.29 is 19.1 Å². The van der Waals surface area contributed by atoms with Crippen molar-refractivity contribution in [2.45, 2.75) is 26.1 Å². The van der Waals surface area contributed by atoms with E-state index in [9.17, 15) is 9.59 Å². The van der Waals surface area contributed by atoms with Crippen LogP contribution >= 0.6 is 11.6 Å². The number of hydrogen-bond donors (Lipinski definition) is 1. The maximum Gasteiger partial charge on any atom is 0.338 e. The first-order valence-electron chi connectivity index (χ1n) is 7.02. The molecule has 2 N–H and O–H groups in total. The molecular formula is C15H19ClN2O4. The van der Waals surface area contributed by atoms with E-state index in [2.05, 4.69) is 0 Å². The van der Waals surface area contributed by atoms with Gasteiger partial charge in [0.1, 0.15) is 0 Å². The third-order valence-electron chi connectivity index (χ3n) is 3.33. The van der Waals surface area contributed by atoms with Crippen molar-refractivity contribution in [2.24, 2.45) is 0 Å². The Morgan fingerprint density at radius 2 is 2.00 bits per heavy atom. The van der Waals surface area contributed by atoms with E-state index in [1.807, 2.05) is 13.8 Å². The zero-order chi connectivity index (χ0) is 16.3. The highest BCUT2D eigenvalue weighted by Crippen LogP contribution is 2.20. The van der Waals surface area contributed by atoms with Gasteiger partial charge in [-0.1, -0.05) is 11.6 Å². The second-order valence-electron chi connectivity index (χ2n) is 5.37. The van der Waals surface area contributed by atoms with E-state index in [1.54, 1.807) is 4.90 Å². The van der Waals surface area contributed by atoms with Crippen molar-refractivity contribution in [1.82, 2.24) is 4.90 Å². The molecule has 0 bridgehead atoms. The molecule has 1 heterocycles. The number of carbonyl (C=O) groups excluding carboxylic acids is 2. The van der Waals surface area contributed by atoms with Crippen LogP contribution in [0.3, 0.4) is 0 Å². The molecule has 1 aliphatic heterocycles. The Labute approximate surface area is 134 Å². The fraction of sp³-hybridized carbons (Fsp3) is 0.467. The number of nitrogens with two attached hydrogens (primary N) is 1. The van der Waals surface area contributed by atoms with Gasteiger partial charge >= 0.3 is 5.97 Å². The number of esters is 1. The zero-order valence-corrected chi connectivity index (χ0v) is 13.3. The Kier molecular flexibility index (Phi) is 5.26. The van der Waals surface area contributed by atoms with Gasteiger partial charge in [-0.25, -0.2) is 4.79 Å². The van der Waals surface area contributed by atoms with Gasteiger partial charge in [0, 0.05) is 13.1 Å². The van der Waals surface area contributed by atoms with Crippen molar-refractivity contribution in [3.05, 3.63) is 28.8 Å². The number of morpholine rings is 1. The SMILES string of the molecule is C[C@@H]1CN(C(=O)COC(=O)c2ccc(Cl)c(N)c2)C[C@H](C)O1. The lowest BCUT2D eigenvalue weighted by Gasteiger charge is -2.35. The van der Waals surface area contributed by atoms with Gasteiger partial charge in [0.15, 0.2) is 6.61 Å². The van der Waals surface area contributed by atoms with Crippen LogP contribution in [0.4, 0.5) is 5.69 Å². The highest BCUT2D eigenvalue weighted by Gasteiger charge is 2.26. The van der Waals surface area contributed by atoms with Gasteiger partial charge < -0.3 is 20.1 Å². The highest BCUT2D eigenvalue weighted by molar-refractivity contribution is 6.33. The van der Waals surface area contributed by atoms with Crippen LogP contribution in [0, 0.1) is 0 Å². The topological polar surface area (TPSA) is 81.9 Å². The van der Waals surface area contributed by atoms with Crippen molar-refractivity contribution in [3.63, 3.8) is 0 Å². The molecule has 1 amide bonds. The number of halogens is 1. The molecule has 1 saturated heterocycles. The number of nitrogen functional groups attached to an aromatic ring is 1. The summed E-state index contributed by atoms with van der Waals surface area (Å²) in [6, 6.07) is 4.44. The Hall–Kier alpha value is -1.79. The van der Waals surface area contributed by atoms with Gasteiger partial charge in [-0.15, -0.1) is 0 Å². The molecule has 2 atom stereocenters. The summed E-state index contributed by atoms with van der Waals surface area (Å²) >= 11 is 5.79. The summed E-state index contributed by atoms with van der Waals surface area (Å²) in [6.45, 7) is 4.49. The normalized spacial score (nSPS) is 21.5. The van der Waals surface area contributed by atoms with Crippen molar-refractivity contribution in [3.8, 4) is 0 Å². The minimum absolute atomic E-state index is 0.0283. The van der Waals surface area contributed by atoms with E-state index in [-0.39, 0.29) is 30.3 Å². The molecule has 0 unspecified atom stereocenters. The summed E-state index contributed by atoms with van der Waals surface area (Å²) in [6.07, 6.45) is -0.0565. The molecule has 0 spiro atoms. The van der Waals surface area contributed by atoms with Crippen molar-refractivity contribution in [2.75, 3.05) is 25.4 Å². The van der Waals surface area contributed by atoms with Gasteiger partial charge in [0.2, 0.25) is 0 Å². The molecule has 22 heavy (non-hydrogen) atoms. The predicted molar refractivity (Wildman–Crippen MR) is 82.7 cm³/mol. The summed E-state index contributed by atoms with van der Waals surface area (Å²) < 4.78 is 10.6. The molecule has 0 aromatic heterocycles. The number of ether oxygens (including phenoxy) is 2. The van der Waals surface area contributed by atoms with Crippen LogP contribution in [0.2, 0.25) is 5.02 Å². The first-order chi connectivity index (χ1) is 10.4. The molecule has 0 radical (unpaired) electrons. The van der Waals surface area contributed by atoms with E-state index in [0.717, 1.165) is 0 Å². The van der Waals surface area contributed by atoms with Crippen molar-refractivity contribution >= 4 is 29.2 Å². The minimum atomic E-state index is -0.605.